The Labute approximate surface area is 105 Å². The summed E-state index contributed by atoms with van der Waals surface area (Å²) in [6, 6.07) is 7.18. The summed E-state index contributed by atoms with van der Waals surface area (Å²) in [6.07, 6.45) is 1.54. The monoisotopic (exact) mass is 251 g/mol. The van der Waals surface area contributed by atoms with E-state index < -0.39 is 0 Å². The van der Waals surface area contributed by atoms with Gasteiger partial charge in [-0.1, -0.05) is 23.7 Å². The maximum atomic E-state index is 11.5. The third-order valence-electron chi connectivity index (χ3n) is 2.70. The molecule has 2 rings (SSSR count). The van der Waals surface area contributed by atoms with Crippen LogP contribution in [-0.2, 0) is 9.53 Å². The Balaban J connectivity index is 2.11. The van der Waals surface area contributed by atoms with E-state index in [-0.39, 0.29) is 12.0 Å². The number of ether oxygens (including phenoxy) is 1. The van der Waals surface area contributed by atoms with E-state index in [1.54, 1.807) is 6.92 Å². The summed E-state index contributed by atoms with van der Waals surface area (Å²) in [5.41, 5.74) is 1.99. The molecule has 1 aromatic carbocycles. The van der Waals surface area contributed by atoms with Crippen molar-refractivity contribution in [3.8, 4) is 0 Å². The van der Waals surface area contributed by atoms with E-state index in [0.717, 1.165) is 24.1 Å². The van der Waals surface area contributed by atoms with E-state index in [9.17, 15) is 4.79 Å². The number of carbonyl (C=O) groups excluding carboxylic acids is 1. The zero-order valence-electron chi connectivity index (χ0n) is 9.65. The van der Waals surface area contributed by atoms with Crippen molar-refractivity contribution in [2.45, 2.75) is 25.8 Å². The van der Waals surface area contributed by atoms with E-state index in [4.69, 9.17) is 16.3 Å². The van der Waals surface area contributed by atoms with Gasteiger partial charge in [-0.25, -0.2) is 4.79 Å². The third-order valence-corrected chi connectivity index (χ3v) is 2.95. The number of aliphatic imine (C=N–C) groups is 1. The molecule has 3 nitrogen and oxygen atoms in total. The van der Waals surface area contributed by atoms with Gasteiger partial charge in [-0.05, 0) is 37.5 Å². The maximum absolute atomic E-state index is 11.5. The Morgan fingerprint density at radius 2 is 2.18 bits per heavy atom. The smallest absolute Gasteiger partial charge is 0.330 e. The van der Waals surface area contributed by atoms with Gasteiger partial charge in [-0.2, -0.15) is 0 Å². The zero-order valence-corrected chi connectivity index (χ0v) is 10.4. The third kappa shape index (κ3) is 2.86. The Bertz CT molecular complexity index is 439. The molecule has 1 aromatic rings. The van der Waals surface area contributed by atoms with Crippen LogP contribution in [-0.4, -0.2) is 24.3 Å². The minimum atomic E-state index is -0.333. The molecule has 1 aliphatic heterocycles. The topological polar surface area (TPSA) is 38.7 Å². The highest BCUT2D eigenvalue weighted by Gasteiger charge is 2.25. The van der Waals surface area contributed by atoms with Gasteiger partial charge >= 0.3 is 5.97 Å². The average Bonchev–Trinajstić information content (AvgIpc) is 2.80. The second-order valence-electron chi connectivity index (χ2n) is 3.89. The van der Waals surface area contributed by atoms with Crippen molar-refractivity contribution in [2.75, 3.05) is 6.61 Å². The fourth-order valence-electron chi connectivity index (χ4n) is 1.86. The molecule has 0 fully saturated rings. The molecule has 0 aliphatic carbocycles. The molecule has 0 spiro atoms. The van der Waals surface area contributed by atoms with Crippen molar-refractivity contribution < 1.29 is 9.53 Å². The van der Waals surface area contributed by atoms with Gasteiger partial charge in [0.25, 0.3) is 0 Å². The minimum absolute atomic E-state index is 0.225. The lowest BCUT2D eigenvalue weighted by Gasteiger charge is -2.04. The number of hydrogen-bond acceptors (Lipinski definition) is 3. The van der Waals surface area contributed by atoms with E-state index >= 15 is 0 Å². The number of rotatable bonds is 3. The van der Waals surface area contributed by atoms with Crippen LogP contribution in [0.2, 0.25) is 5.02 Å². The molecule has 1 atom stereocenters. The highest BCUT2D eigenvalue weighted by Crippen LogP contribution is 2.20. The van der Waals surface area contributed by atoms with E-state index in [2.05, 4.69) is 4.99 Å². The van der Waals surface area contributed by atoms with Gasteiger partial charge in [0.15, 0.2) is 0 Å². The first-order valence-electron chi connectivity index (χ1n) is 5.70. The number of benzene rings is 1. The van der Waals surface area contributed by atoms with Gasteiger partial charge in [-0.3, -0.25) is 4.99 Å². The first-order valence-corrected chi connectivity index (χ1v) is 6.07. The summed E-state index contributed by atoms with van der Waals surface area (Å²) in [6.45, 7) is 2.21. The van der Waals surface area contributed by atoms with Gasteiger partial charge in [0.2, 0.25) is 0 Å². The number of hydrogen-bond donors (Lipinski definition) is 0. The Kier molecular flexibility index (Phi) is 3.79. The van der Waals surface area contributed by atoms with Crippen LogP contribution in [0.3, 0.4) is 0 Å². The Morgan fingerprint density at radius 3 is 2.82 bits per heavy atom. The molecule has 0 radical (unpaired) electrons. The molecule has 90 valence electrons. The molecule has 1 heterocycles. The second-order valence-corrected chi connectivity index (χ2v) is 4.33. The molecule has 0 N–H and O–H groups in total. The molecule has 17 heavy (non-hydrogen) atoms. The maximum Gasteiger partial charge on any atom is 0.330 e. The van der Waals surface area contributed by atoms with E-state index in [0.29, 0.717) is 11.6 Å². The van der Waals surface area contributed by atoms with Gasteiger partial charge in [0.05, 0.1) is 6.61 Å². The van der Waals surface area contributed by atoms with Crippen LogP contribution in [0.25, 0.3) is 0 Å². The predicted molar refractivity (Wildman–Crippen MR) is 67.6 cm³/mol. The first kappa shape index (κ1) is 12.1. The summed E-state index contributed by atoms with van der Waals surface area (Å²) >= 11 is 5.82. The SMILES string of the molecule is CCOC(=O)[C@@H]1CCC(c2ccc(Cl)cc2)=N1. The number of carbonyl (C=O) groups is 1. The van der Waals surface area contributed by atoms with Crippen molar-refractivity contribution in [1.82, 2.24) is 0 Å². The fourth-order valence-corrected chi connectivity index (χ4v) is 1.99. The van der Waals surface area contributed by atoms with E-state index in [1.807, 2.05) is 24.3 Å². The lowest BCUT2D eigenvalue weighted by molar-refractivity contribution is -0.144. The van der Waals surface area contributed by atoms with Crippen LogP contribution in [0.4, 0.5) is 0 Å². The van der Waals surface area contributed by atoms with Crippen LogP contribution >= 0.6 is 11.6 Å². The predicted octanol–water partition coefficient (Wildman–Crippen LogP) is 2.85. The zero-order chi connectivity index (χ0) is 12.3. The first-order chi connectivity index (χ1) is 8.20. The molecular formula is C13H14ClNO2. The molecule has 0 amide bonds. The molecule has 4 heteroatoms. The van der Waals surface area contributed by atoms with Crippen LogP contribution in [0.1, 0.15) is 25.3 Å². The molecule has 0 bridgehead atoms. The standard InChI is InChI=1S/C13H14ClNO2/c1-2-17-13(16)12-8-7-11(15-12)9-3-5-10(14)6-4-9/h3-6,12H,2,7-8H2,1H3/t12-/m0/s1. The van der Waals surface area contributed by atoms with Crippen LogP contribution in [0.15, 0.2) is 29.3 Å². The van der Waals surface area contributed by atoms with Gasteiger partial charge in [0.1, 0.15) is 6.04 Å². The molecular weight excluding hydrogens is 238 g/mol. The number of nitrogens with zero attached hydrogens (tertiary/aromatic N) is 1. The number of halogens is 1. The summed E-state index contributed by atoms with van der Waals surface area (Å²) in [7, 11) is 0. The Morgan fingerprint density at radius 1 is 1.47 bits per heavy atom. The normalized spacial score (nSPS) is 18.9. The minimum Gasteiger partial charge on any atom is -0.464 e. The van der Waals surface area contributed by atoms with Crippen molar-refractivity contribution in [2.24, 2.45) is 4.99 Å². The lowest BCUT2D eigenvalue weighted by atomic mass is 10.1. The summed E-state index contributed by atoms with van der Waals surface area (Å²) < 4.78 is 4.96. The summed E-state index contributed by atoms with van der Waals surface area (Å²) in [4.78, 5) is 15.9. The molecule has 0 saturated heterocycles. The van der Waals surface area contributed by atoms with Gasteiger partial charge in [0, 0.05) is 10.7 Å². The molecule has 0 aromatic heterocycles. The summed E-state index contributed by atoms with van der Waals surface area (Å²) in [5, 5.41) is 0.703. The molecule has 1 aliphatic rings. The second kappa shape index (κ2) is 5.32. The molecule has 0 saturated carbocycles. The van der Waals surface area contributed by atoms with Crippen molar-refractivity contribution in [3.05, 3.63) is 34.9 Å². The van der Waals surface area contributed by atoms with Crippen molar-refractivity contribution in [1.29, 1.82) is 0 Å². The number of esters is 1. The van der Waals surface area contributed by atoms with Crippen molar-refractivity contribution in [3.63, 3.8) is 0 Å². The highest BCUT2D eigenvalue weighted by atomic mass is 35.5. The summed E-state index contributed by atoms with van der Waals surface area (Å²) in [5.74, 6) is -0.225. The van der Waals surface area contributed by atoms with Crippen LogP contribution in [0, 0.1) is 0 Å². The van der Waals surface area contributed by atoms with Gasteiger partial charge in [-0.15, -0.1) is 0 Å². The quantitative estimate of drug-likeness (QED) is 0.775. The lowest BCUT2D eigenvalue weighted by Crippen LogP contribution is -2.18. The van der Waals surface area contributed by atoms with Crippen molar-refractivity contribution >= 4 is 23.3 Å². The fraction of sp³-hybridized carbons (Fsp3) is 0.385. The largest absolute Gasteiger partial charge is 0.464 e. The van der Waals surface area contributed by atoms with E-state index in [1.165, 1.54) is 0 Å². The molecule has 0 unspecified atom stereocenters. The average molecular weight is 252 g/mol. The van der Waals surface area contributed by atoms with Gasteiger partial charge < -0.3 is 4.74 Å². The van der Waals surface area contributed by atoms with Crippen LogP contribution in [0.5, 0.6) is 0 Å². The van der Waals surface area contributed by atoms with Crippen LogP contribution < -0.4 is 0 Å². The highest BCUT2D eigenvalue weighted by molar-refractivity contribution is 6.30. The Hall–Kier alpha value is -1.35.